The molecule has 0 aliphatic heterocycles. The average molecular weight is 336 g/mol. The smallest absolute Gasteiger partial charge is 0.230 e. The highest BCUT2D eigenvalue weighted by Gasteiger charge is 2.15. The number of likely N-dealkylation sites (N-methyl/N-ethyl adjacent to an activating group) is 1. The molecule has 0 aliphatic rings. The predicted molar refractivity (Wildman–Crippen MR) is 91.2 cm³/mol. The van der Waals surface area contributed by atoms with Crippen LogP contribution >= 0.6 is 23.1 Å². The maximum absolute atomic E-state index is 12.0. The molecule has 0 saturated carbocycles. The van der Waals surface area contributed by atoms with Crippen molar-refractivity contribution in [3.8, 4) is 0 Å². The largest absolute Gasteiger partial charge is 0.353 e. The molecule has 0 saturated heterocycles. The van der Waals surface area contributed by atoms with E-state index in [1.807, 2.05) is 14.1 Å². The van der Waals surface area contributed by atoms with Crippen LogP contribution in [0.3, 0.4) is 0 Å². The van der Waals surface area contributed by atoms with E-state index in [1.54, 1.807) is 5.51 Å². The molecule has 0 spiro atoms. The summed E-state index contributed by atoms with van der Waals surface area (Å²) in [6, 6.07) is 8.58. The Kier molecular flexibility index (Phi) is 6.35. The number of nitrogens with zero attached hydrogens (tertiary/aromatic N) is 3. The quantitative estimate of drug-likeness (QED) is 0.787. The Morgan fingerprint density at radius 3 is 2.68 bits per heavy atom. The molecule has 0 unspecified atom stereocenters. The van der Waals surface area contributed by atoms with Crippen LogP contribution in [0.1, 0.15) is 17.2 Å². The number of hydrogen-bond acceptors (Lipinski definition) is 6. The maximum Gasteiger partial charge on any atom is 0.230 e. The van der Waals surface area contributed by atoms with Gasteiger partial charge in [-0.2, -0.15) is 0 Å². The van der Waals surface area contributed by atoms with Crippen molar-refractivity contribution in [3.63, 3.8) is 0 Å². The van der Waals surface area contributed by atoms with Crippen molar-refractivity contribution >= 4 is 29.0 Å². The zero-order valence-electron chi connectivity index (χ0n) is 12.9. The van der Waals surface area contributed by atoms with Gasteiger partial charge < -0.3 is 10.2 Å². The predicted octanol–water partition coefficient (Wildman–Crippen LogP) is 2.36. The molecule has 2 aromatic rings. The highest BCUT2D eigenvalue weighted by molar-refractivity contribution is 8.01. The Balaban J connectivity index is 1.86. The van der Waals surface area contributed by atoms with Crippen molar-refractivity contribution in [1.82, 2.24) is 20.4 Å². The minimum absolute atomic E-state index is 0.0131. The van der Waals surface area contributed by atoms with E-state index >= 15 is 0 Å². The van der Waals surface area contributed by atoms with Gasteiger partial charge in [0.2, 0.25) is 5.91 Å². The maximum atomic E-state index is 12.0. The molecule has 118 valence electrons. The summed E-state index contributed by atoms with van der Waals surface area (Å²) in [6.07, 6.45) is 0. The molecule has 1 heterocycles. The number of carbonyl (C=O) groups excluding carboxylic acids is 1. The molecular formula is C15H20N4OS2. The van der Waals surface area contributed by atoms with Crippen LogP contribution in [0, 0.1) is 6.92 Å². The van der Waals surface area contributed by atoms with E-state index < -0.39 is 0 Å². The van der Waals surface area contributed by atoms with Crippen molar-refractivity contribution in [2.45, 2.75) is 17.3 Å². The lowest BCUT2D eigenvalue weighted by Crippen LogP contribution is -2.35. The molecule has 7 heteroatoms. The molecule has 5 nitrogen and oxygen atoms in total. The van der Waals surface area contributed by atoms with E-state index in [0.29, 0.717) is 12.3 Å². The SMILES string of the molecule is Cc1ccc([C@H](CNC(=O)CSc2nncs2)N(C)C)cc1. The van der Waals surface area contributed by atoms with Crippen molar-refractivity contribution in [2.75, 3.05) is 26.4 Å². The Morgan fingerprint density at radius 1 is 1.36 bits per heavy atom. The lowest BCUT2D eigenvalue weighted by atomic mass is 10.0. The third-order valence-electron chi connectivity index (χ3n) is 3.24. The van der Waals surface area contributed by atoms with E-state index in [1.165, 1.54) is 34.2 Å². The van der Waals surface area contributed by atoms with Crippen LogP contribution in [0.2, 0.25) is 0 Å². The van der Waals surface area contributed by atoms with Gasteiger partial charge in [-0.1, -0.05) is 52.9 Å². The minimum atomic E-state index is 0.0131. The van der Waals surface area contributed by atoms with Gasteiger partial charge in [0.25, 0.3) is 0 Å². The van der Waals surface area contributed by atoms with Gasteiger partial charge in [-0.3, -0.25) is 4.79 Å². The summed E-state index contributed by atoms with van der Waals surface area (Å²) in [4.78, 5) is 14.1. The molecule has 1 N–H and O–H groups in total. The number of rotatable bonds is 7. The third kappa shape index (κ3) is 5.08. The summed E-state index contributed by atoms with van der Waals surface area (Å²) in [7, 11) is 4.04. The fraction of sp³-hybridized carbons (Fsp3) is 0.400. The van der Waals surface area contributed by atoms with E-state index in [9.17, 15) is 4.79 Å². The van der Waals surface area contributed by atoms with Crippen LogP contribution in [-0.4, -0.2) is 47.4 Å². The number of carbonyl (C=O) groups is 1. The second-order valence-corrected chi connectivity index (χ2v) is 7.24. The second-order valence-electron chi connectivity index (χ2n) is 5.19. The van der Waals surface area contributed by atoms with E-state index in [2.05, 4.69) is 51.6 Å². The molecule has 0 fully saturated rings. The first-order chi connectivity index (χ1) is 10.6. The van der Waals surface area contributed by atoms with Gasteiger partial charge in [0.05, 0.1) is 11.8 Å². The monoisotopic (exact) mass is 336 g/mol. The zero-order valence-corrected chi connectivity index (χ0v) is 14.6. The first-order valence-corrected chi connectivity index (χ1v) is 8.81. The number of aryl methyl sites for hydroxylation is 1. The first-order valence-electron chi connectivity index (χ1n) is 6.95. The number of amides is 1. The van der Waals surface area contributed by atoms with Gasteiger partial charge in [0.15, 0.2) is 4.34 Å². The summed E-state index contributed by atoms with van der Waals surface area (Å²) < 4.78 is 0.817. The number of aromatic nitrogens is 2. The van der Waals surface area contributed by atoms with Crippen LogP contribution in [-0.2, 0) is 4.79 Å². The Hall–Kier alpha value is -1.44. The van der Waals surface area contributed by atoms with Gasteiger partial charge in [0, 0.05) is 6.54 Å². The number of hydrogen-bond donors (Lipinski definition) is 1. The normalized spacial score (nSPS) is 12.4. The summed E-state index contributed by atoms with van der Waals surface area (Å²) in [5.74, 6) is 0.377. The number of thioether (sulfide) groups is 1. The molecule has 0 aliphatic carbocycles. The van der Waals surface area contributed by atoms with Gasteiger partial charge >= 0.3 is 0 Å². The molecule has 0 bridgehead atoms. The Labute approximate surface area is 139 Å². The minimum Gasteiger partial charge on any atom is -0.353 e. The molecule has 1 aromatic carbocycles. The molecule has 22 heavy (non-hydrogen) atoms. The van der Waals surface area contributed by atoms with Gasteiger partial charge in [-0.25, -0.2) is 0 Å². The second kappa shape index (κ2) is 8.26. The lowest BCUT2D eigenvalue weighted by molar-refractivity contribution is -0.118. The summed E-state index contributed by atoms with van der Waals surface area (Å²) in [6.45, 7) is 2.66. The van der Waals surface area contributed by atoms with Gasteiger partial charge in [0.1, 0.15) is 5.51 Å². The average Bonchev–Trinajstić information content (AvgIpc) is 3.00. The van der Waals surface area contributed by atoms with Crippen molar-refractivity contribution in [3.05, 3.63) is 40.9 Å². The third-order valence-corrected chi connectivity index (χ3v) is 5.11. The van der Waals surface area contributed by atoms with E-state index in [0.717, 1.165) is 4.34 Å². The van der Waals surface area contributed by atoms with Gasteiger partial charge in [-0.05, 0) is 26.6 Å². The van der Waals surface area contributed by atoms with Crippen LogP contribution < -0.4 is 5.32 Å². The highest BCUT2D eigenvalue weighted by atomic mass is 32.2. The standard InChI is InChI=1S/C15H20N4OS2/c1-11-4-6-12(7-5-11)13(19(2)3)8-16-14(20)9-21-15-18-17-10-22-15/h4-7,10,13H,8-9H2,1-3H3,(H,16,20)/t13-/m0/s1. The lowest BCUT2D eigenvalue weighted by Gasteiger charge is -2.25. The summed E-state index contributed by atoms with van der Waals surface area (Å²) >= 11 is 2.86. The molecular weight excluding hydrogens is 316 g/mol. The fourth-order valence-electron chi connectivity index (χ4n) is 2.00. The number of nitrogens with one attached hydrogen (secondary N) is 1. The van der Waals surface area contributed by atoms with Crippen molar-refractivity contribution in [2.24, 2.45) is 0 Å². The zero-order chi connectivity index (χ0) is 15.9. The van der Waals surface area contributed by atoms with Crippen LogP contribution in [0.5, 0.6) is 0 Å². The summed E-state index contributed by atoms with van der Waals surface area (Å²) in [5.41, 5.74) is 4.10. The van der Waals surface area contributed by atoms with E-state index in [4.69, 9.17) is 0 Å². The van der Waals surface area contributed by atoms with Crippen LogP contribution in [0.25, 0.3) is 0 Å². The molecule has 1 aromatic heterocycles. The molecule has 1 atom stereocenters. The number of benzene rings is 1. The summed E-state index contributed by atoms with van der Waals surface area (Å²) in [5, 5.41) is 10.7. The van der Waals surface area contributed by atoms with Crippen LogP contribution in [0.4, 0.5) is 0 Å². The molecule has 0 radical (unpaired) electrons. The Morgan fingerprint density at radius 2 is 2.09 bits per heavy atom. The fourth-order valence-corrected chi connectivity index (χ4v) is 3.32. The van der Waals surface area contributed by atoms with Gasteiger partial charge in [-0.15, -0.1) is 10.2 Å². The Bertz CT molecular complexity index is 584. The van der Waals surface area contributed by atoms with Crippen molar-refractivity contribution < 1.29 is 4.79 Å². The first kappa shape index (κ1) is 16.9. The van der Waals surface area contributed by atoms with Crippen LogP contribution in [0.15, 0.2) is 34.1 Å². The molecule has 1 amide bonds. The van der Waals surface area contributed by atoms with E-state index in [-0.39, 0.29) is 11.9 Å². The topological polar surface area (TPSA) is 58.1 Å². The molecule has 2 rings (SSSR count). The highest BCUT2D eigenvalue weighted by Crippen LogP contribution is 2.19. The van der Waals surface area contributed by atoms with Crippen molar-refractivity contribution in [1.29, 1.82) is 0 Å².